The fourth-order valence-corrected chi connectivity index (χ4v) is 3.89. The zero-order valence-electron chi connectivity index (χ0n) is 12.6. The zero-order valence-corrected chi connectivity index (χ0v) is 13.4. The van der Waals surface area contributed by atoms with Gasteiger partial charge >= 0.3 is 0 Å². The highest BCUT2D eigenvalue weighted by Gasteiger charge is 2.26. The molecule has 1 N–H and O–H groups in total. The van der Waals surface area contributed by atoms with Crippen molar-refractivity contribution in [3.05, 3.63) is 21.9 Å². The maximum Gasteiger partial charge on any atom is 0.0332 e. The first-order valence-corrected chi connectivity index (χ1v) is 8.63. The first kappa shape index (κ1) is 15.0. The lowest BCUT2D eigenvalue weighted by molar-refractivity contribution is 0.115. The van der Waals surface area contributed by atoms with Crippen molar-refractivity contribution in [1.82, 2.24) is 10.2 Å². The fraction of sp³-hybridized carbons (Fsp3) is 0.750. The third-order valence-corrected chi connectivity index (χ3v) is 5.37. The van der Waals surface area contributed by atoms with Crippen molar-refractivity contribution in [3.63, 3.8) is 0 Å². The van der Waals surface area contributed by atoms with Gasteiger partial charge in [-0.15, -0.1) is 11.3 Å². The van der Waals surface area contributed by atoms with Crippen molar-refractivity contribution in [1.29, 1.82) is 0 Å². The van der Waals surface area contributed by atoms with Crippen LogP contribution in [0.25, 0.3) is 0 Å². The predicted octanol–water partition coefficient (Wildman–Crippen LogP) is 3.66. The molecule has 108 valence electrons. The Morgan fingerprint density at radius 2 is 2.05 bits per heavy atom. The van der Waals surface area contributed by atoms with Crippen LogP contribution in [0, 0.1) is 0 Å². The summed E-state index contributed by atoms with van der Waals surface area (Å²) in [5, 5.41) is 3.70. The van der Waals surface area contributed by atoms with E-state index in [2.05, 4.69) is 43.1 Å². The van der Waals surface area contributed by atoms with E-state index in [4.69, 9.17) is 0 Å². The summed E-state index contributed by atoms with van der Waals surface area (Å²) >= 11 is 1.99. The lowest BCUT2D eigenvalue weighted by Crippen LogP contribution is -2.55. The van der Waals surface area contributed by atoms with Crippen LogP contribution in [0.5, 0.6) is 0 Å². The van der Waals surface area contributed by atoms with E-state index in [1.54, 1.807) is 0 Å². The molecular weight excluding hydrogens is 252 g/mol. The molecule has 2 nitrogen and oxygen atoms in total. The average Bonchev–Trinajstić information content (AvgIpc) is 2.88. The summed E-state index contributed by atoms with van der Waals surface area (Å²) in [4.78, 5) is 5.76. The van der Waals surface area contributed by atoms with E-state index in [1.165, 1.54) is 48.5 Å². The van der Waals surface area contributed by atoms with Crippen LogP contribution in [0.4, 0.5) is 0 Å². The van der Waals surface area contributed by atoms with E-state index < -0.39 is 0 Å². The molecule has 1 aliphatic rings. The summed E-state index contributed by atoms with van der Waals surface area (Å²) in [6.45, 7) is 10.3. The molecule has 1 aliphatic heterocycles. The molecular formula is C16H28N2S. The van der Waals surface area contributed by atoms with Gasteiger partial charge in [-0.1, -0.05) is 27.2 Å². The number of hydrogen-bond acceptors (Lipinski definition) is 3. The summed E-state index contributed by atoms with van der Waals surface area (Å²) in [5.41, 5.74) is 0. The van der Waals surface area contributed by atoms with Crippen LogP contribution in [0.1, 0.15) is 49.8 Å². The van der Waals surface area contributed by atoms with Crippen LogP contribution < -0.4 is 5.32 Å². The summed E-state index contributed by atoms with van der Waals surface area (Å²) in [7, 11) is 0. The normalized spacial score (nSPS) is 24.8. The van der Waals surface area contributed by atoms with Crippen molar-refractivity contribution in [2.45, 2.75) is 65.1 Å². The second kappa shape index (κ2) is 7.41. The first-order valence-electron chi connectivity index (χ1n) is 7.81. The standard InChI is InChI=1S/C16H28N2S/c1-4-7-14-10-17-13(5-2)11-18(14)12-16-9-8-15(6-3)19-16/h8-9,13-14,17H,4-7,10-12H2,1-3H3. The van der Waals surface area contributed by atoms with Crippen LogP contribution in [0.2, 0.25) is 0 Å². The molecule has 1 fully saturated rings. The number of piperazine rings is 1. The average molecular weight is 280 g/mol. The highest BCUT2D eigenvalue weighted by molar-refractivity contribution is 7.11. The molecule has 2 atom stereocenters. The van der Waals surface area contributed by atoms with Gasteiger partial charge < -0.3 is 5.32 Å². The van der Waals surface area contributed by atoms with Gasteiger partial charge in [-0.05, 0) is 31.4 Å². The van der Waals surface area contributed by atoms with Crippen molar-refractivity contribution in [2.75, 3.05) is 13.1 Å². The number of rotatable bonds is 6. The van der Waals surface area contributed by atoms with E-state index in [0.717, 1.165) is 12.6 Å². The van der Waals surface area contributed by atoms with Gasteiger partial charge in [0, 0.05) is 41.5 Å². The Hall–Kier alpha value is -0.380. The van der Waals surface area contributed by atoms with Crippen LogP contribution in [0.3, 0.4) is 0 Å². The van der Waals surface area contributed by atoms with E-state index >= 15 is 0 Å². The van der Waals surface area contributed by atoms with Gasteiger partial charge in [0.25, 0.3) is 0 Å². The van der Waals surface area contributed by atoms with Gasteiger partial charge in [-0.2, -0.15) is 0 Å². The SMILES string of the molecule is CCCC1CNC(CC)CN1Cc1ccc(CC)s1. The molecule has 0 amide bonds. The molecule has 0 aromatic carbocycles. The van der Waals surface area contributed by atoms with Crippen LogP contribution in [-0.4, -0.2) is 30.1 Å². The Kier molecular flexibility index (Phi) is 5.86. The van der Waals surface area contributed by atoms with Crippen molar-refractivity contribution >= 4 is 11.3 Å². The van der Waals surface area contributed by atoms with Crippen LogP contribution >= 0.6 is 11.3 Å². The summed E-state index contributed by atoms with van der Waals surface area (Å²) in [6, 6.07) is 6.03. The third kappa shape index (κ3) is 4.04. The second-order valence-electron chi connectivity index (χ2n) is 5.61. The smallest absolute Gasteiger partial charge is 0.0332 e. The Morgan fingerprint density at radius 1 is 1.26 bits per heavy atom. The van der Waals surface area contributed by atoms with E-state index in [1.807, 2.05) is 11.3 Å². The fourth-order valence-electron chi connectivity index (χ4n) is 2.91. The Balaban J connectivity index is 1.99. The van der Waals surface area contributed by atoms with Gasteiger partial charge in [-0.25, -0.2) is 0 Å². The van der Waals surface area contributed by atoms with Gasteiger partial charge in [0.05, 0.1) is 0 Å². The van der Waals surface area contributed by atoms with Gasteiger partial charge in [0.1, 0.15) is 0 Å². The number of nitrogens with zero attached hydrogens (tertiary/aromatic N) is 1. The minimum atomic E-state index is 0.679. The largest absolute Gasteiger partial charge is 0.311 e. The molecule has 2 unspecified atom stereocenters. The lowest BCUT2D eigenvalue weighted by Gasteiger charge is -2.40. The molecule has 1 aromatic rings. The molecule has 1 aromatic heterocycles. The molecule has 0 saturated carbocycles. The minimum absolute atomic E-state index is 0.679. The summed E-state index contributed by atoms with van der Waals surface area (Å²) in [6.07, 6.45) is 5.00. The Labute approximate surface area is 122 Å². The summed E-state index contributed by atoms with van der Waals surface area (Å²) in [5.74, 6) is 0. The number of hydrogen-bond donors (Lipinski definition) is 1. The highest BCUT2D eigenvalue weighted by atomic mass is 32.1. The zero-order chi connectivity index (χ0) is 13.7. The lowest BCUT2D eigenvalue weighted by atomic mass is 10.0. The van der Waals surface area contributed by atoms with Crippen LogP contribution in [-0.2, 0) is 13.0 Å². The monoisotopic (exact) mass is 280 g/mol. The highest BCUT2D eigenvalue weighted by Crippen LogP contribution is 2.22. The summed E-state index contributed by atoms with van der Waals surface area (Å²) < 4.78 is 0. The molecule has 19 heavy (non-hydrogen) atoms. The van der Waals surface area contributed by atoms with Gasteiger partial charge in [0.2, 0.25) is 0 Å². The maximum absolute atomic E-state index is 3.70. The van der Waals surface area contributed by atoms with Gasteiger partial charge in [-0.3, -0.25) is 4.90 Å². The first-order chi connectivity index (χ1) is 9.26. The molecule has 3 heteroatoms. The molecule has 1 saturated heterocycles. The van der Waals surface area contributed by atoms with Gasteiger partial charge in [0.15, 0.2) is 0 Å². The van der Waals surface area contributed by atoms with Crippen LogP contribution in [0.15, 0.2) is 12.1 Å². The van der Waals surface area contributed by atoms with Crippen molar-refractivity contribution in [2.24, 2.45) is 0 Å². The van der Waals surface area contributed by atoms with Crippen molar-refractivity contribution < 1.29 is 0 Å². The van der Waals surface area contributed by atoms with E-state index in [0.29, 0.717) is 6.04 Å². The maximum atomic E-state index is 3.70. The molecule has 0 spiro atoms. The number of nitrogens with one attached hydrogen (secondary N) is 1. The molecule has 0 aliphatic carbocycles. The molecule has 2 heterocycles. The molecule has 2 rings (SSSR count). The van der Waals surface area contributed by atoms with Crippen molar-refractivity contribution in [3.8, 4) is 0 Å². The Bertz CT molecular complexity index is 375. The minimum Gasteiger partial charge on any atom is -0.311 e. The third-order valence-electron chi connectivity index (χ3n) is 4.15. The molecule has 0 radical (unpaired) electrons. The van der Waals surface area contributed by atoms with E-state index in [9.17, 15) is 0 Å². The molecule has 0 bridgehead atoms. The Morgan fingerprint density at radius 3 is 2.68 bits per heavy atom. The number of thiophene rings is 1. The number of aryl methyl sites for hydroxylation is 1. The van der Waals surface area contributed by atoms with E-state index in [-0.39, 0.29) is 0 Å². The predicted molar refractivity (Wildman–Crippen MR) is 84.9 cm³/mol. The topological polar surface area (TPSA) is 15.3 Å². The second-order valence-corrected chi connectivity index (χ2v) is 6.86. The quantitative estimate of drug-likeness (QED) is 0.855.